The van der Waals surface area contributed by atoms with E-state index in [1.165, 1.54) is 18.7 Å². The Kier molecular flexibility index (Phi) is 6.57. The summed E-state index contributed by atoms with van der Waals surface area (Å²) < 4.78 is 4.88. The molecule has 0 aliphatic rings. The summed E-state index contributed by atoms with van der Waals surface area (Å²) in [7, 11) is 0. The van der Waals surface area contributed by atoms with Gasteiger partial charge in [0.25, 0.3) is 0 Å². The van der Waals surface area contributed by atoms with Crippen molar-refractivity contribution in [1.29, 1.82) is 0 Å². The van der Waals surface area contributed by atoms with Crippen LogP contribution in [0.3, 0.4) is 0 Å². The highest BCUT2D eigenvalue weighted by Gasteiger charge is 2.18. The molecule has 0 aliphatic carbocycles. The quantitative estimate of drug-likeness (QED) is 0.624. The van der Waals surface area contributed by atoms with Crippen molar-refractivity contribution in [3.8, 4) is 0 Å². The van der Waals surface area contributed by atoms with Gasteiger partial charge >= 0.3 is 5.97 Å². The Morgan fingerprint density at radius 2 is 1.70 bits per heavy atom. The average molecular weight is 310 g/mol. The van der Waals surface area contributed by atoms with Crippen molar-refractivity contribution in [1.82, 2.24) is 0 Å². The van der Waals surface area contributed by atoms with Gasteiger partial charge in [0, 0.05) is 12.8 Å². The van der Waals surface area contributed by atoms with E-state index in [2.05, 4.69) is 12.1 Å². The summed E-state index contributed by atoms with van der Waals surface area (Å²) in [6, 6.07) is 19.8. The van der Waals surface area contributed by atoms with E-state index in [1.54, 1.807) is 6.08 Å². The molecule has 0 bridgehead atoms. The lowest BCUT2D eigenvalue weighted by Crippen LogP contribution is -2.18. The van der Waals surface area contributed by atoms with Crippen LogP contribution in [0, 0.1) is 0 Å². The van der Waals surface area contributed by atoms with Crippen LogP contribution in [0.15, 0.2) is 73.0 Å². The molecule has 1 N–H and O–H groups in total. The van der Waals surface area contributed by atoms with Gasteiger partial charge in [-0.2, -0.15) is 0 Å². The first kappa shape index (κ1) is 17.0. The smallest absolute Gasteiger partial charge is 0.307 e. The Morgan fingerprint density at radius 3 is 2.30 bits per heavy atom. The fourth-order valence-corrected chi connectivity index (χ4v) is 2.50. The molecule has 2 aromatic carbocycles. The van der Waals surface area contributed by atoms with Gasteiger partial charge in [-0.1, -0.05) is 60.7 Å². The van der Waals surface area contributed by atoms with Crippen LogP contribution in [0.25, 0.3) is 0 Å². The van der Waals surface area contributed by atoms with Crippen molar-refractivity contribution in [2.45, 2.75) is 31.8 Å². The highest BCUT2D eigenvalue weighted by Crippen LogP contribution is 2.24. The topological polar surface area (TPSA) is 46.5 Å². The van der Waals surface area contributed by atoms with Gasteiger partial charge in [0.2, 0.25) is 0 Å². The number of carbonyl (C=O) groups is 1. The minimum Gasteiger partial charge on any atom is -0.435 e. The summed E-state index contributed by atoms with van der Waals surface area (Å²) in [5.41, 5.74) is 2.19. The van der Waals surface area contributed by atoms with Crippen LogP contribution < -0.4 is 0 Å². The van der Waals surface area contributed by atoms with E-state index in [9.17, 15) is 9.90 Å². The number of aliphatic hydroxyl groups excluding tert-OH is 1. The third-order valence-electron chi connectivity index (χ3n) is 3.69. The molecule has 2 aromatic rings. The lowest BCUT2D eigenvalue weighted by atomic mass is 9.90. The molecule has 0 radical (unpaired) electrons. The molecule has 0 heterocycles. The average Bonchev–Trinajstić information content (AvgIpc) is 2.58. The number of carbonyl (C=O) groups excluding carboxylic acids is 1. The van der Waals surface area contributed by atoms with E-state index >= 15 is 0 Å². The molecule has 0 spiro atoms. The Bertz CT molecular complexity index is 620. The first-order valence-corrected chi connectivity index (χ1v) is 7.77. The molecule has 120 valence electrons. The molecule has 0 saturated carbocycles. The maximum atomic E-state index is 10.9. The van der Waals surface area contributed by atoms with Gasteiger partial charge in [0.15, 0.2) is 0 Å². The van der Waals surface area contributed by atoms with Gasteiger partial charge in [0.1, 0.15) is 0 Å². The zero-order valence-corrected chi connectivity index (χ0v) is 13.3. The first-order valence-electron chi connectivity index (χ1n) is 7.77. The highest BCUT2D eigenvalue weighted by molar-refractivity contribution is 5.66. The van der Waals surface area contributed by atoms with E-state index < -0.39 is 6.10 Å². The van der Waals surface area contributed by atoms with Crippen LogP contribution in [0.2, 0.25) is 0 Å². The molecule has 2 atom stereocenters. The van der Waals surface area contributed by atoms with Crippen LogP contribution in [0.4, 0.5) is 0 Å². The van der Waals surface area contributed by atoms with Crippen LogP contribution in [-0.4, -0.2) is 17.2 Å². The largest absolute Gasteiger partial charge is 0.435 e. The Labute approximate surface area is 137 Å². The Hall–Kier alpha value is -2.39. The van der Waals surface area contributed by atoms with Gasteiger partial charge in [-0.3, -0.25) is 4.79 Å². The number of rotatable bonds is 7. The van der Waals surface area contributed by atoms with Crippen molar-refractivity contribution in [3.05, 3.63) is 84.1 Å². The number of ether oxygens (including phenoxy) is 1. The maximum absolute atomic E-state index is 10.9. The van der Waals surface area contributed by atoms with Gasteiger partial charge < -0.3 is 9.84 Å². The molecule has 0 unspecified atom stereocenters. The van der Waals surface area contributed by atoms with E-state index in [0.717, 1.165) is 12.0 Å². The van der Waals surface area contributed by atoms with Crippen LogP contribution in [0.1, 0.15) is 30.4 Å². The lowest BCUT2D eigenvalue weighted by molar-refractivity contribution is -0.135. The second-order valence-corrected chi connectivity index (χ2v) is 5.47. The predicted molar refractivity (Wildman–Crippen MR) is 90.9 cm³/mol. The van der Waals surface area contributed by atoms with Crippen molar-refractivity contribution in [2.24, 2.45) is 0 Å². The van der Waals surface area contributed by atoms with E-state index in [4.69, 9.17) is 4.74 Å². The van der Waals surface area contributed by atoms with Crippen molar-refractivity contribution < 1.29 is 14.6 Å². The van der Waals surface area contributed by atoms with E-state index in [-0.39, 0.29) is 11.9 Å². The molecule has 0 fully saturated rings. The van der Waals surface area contributed by atoms with Crippen LogP contribution >= 0.6 is 0 Å². The molecular weight excluding hydrogens is 288 g/mol. The second-order valence-electron chi connectivity index (χ2n) is 5.47. The van der Waals surface area contributed by atoms with Gasteiger partial charge in [-0.15, -0.1) is 0 Å². The van der Waals surface area contributed by atoms with Crippen molar-refractivity contribution in [2.75, 3.05) is 0 Å². The molecule has 0 aliphatic heterocycles. The summed E-state index contributed by atoms with van der Waals surface area (Å²) in [6.45, 7) is 1.35. The maximum Gasteiger partial charge on any atom is 0.307 e. The normalized spacial score (nSPS) is 13.7. The van der Waals surface area contributed by atoms with Crippen LogP contribution in [-0.2, 0) is 16.0 Å². The minimum atomic E-state index is -0.551. The predicted octanol–water partition coefficient (Wildman–Crippen LogP) is 3.84. The number of hydrogen-bond donors (Lipinski definition) is 1. The molecule has 2 rings (SSSR count). The number of hydrogen-bond acceptors (Lipinski definition) is 3. The van der Waals surface area contributed by atoms with Crippen LogP contribution in [0.5, 0.6) is 0 Å². The summed E-state index contributed by atoms with van der Waals surface area (Å²) in [6.07, 6.45) is 3.99. The van der Waals surface area contributed by atoms with Gasteiger partial charge in [0.05, 0.1) is 12.4 Å². The first-order chi connectivity index (χ1) is 11.2. The minimum absolute atomic E-state index is 0.209. The number of aryl methyl sites for hydroxylation is 1. The zero-order chi connectivity index (χ0) is 16.5. The third-order valence-corrected chi connectivity index (χ3v) is 3.69. The summed E-state index contributed by atoms with van der Waals surface area (Å²) >= 11 is 0. The molecule has 23 heavy (non-hydrogen) atoms. The summed E-state index contributed by atoms with van der Waals surface area (Å²) in [5.74, 6) is -0.578. The molecule has 3 nitrogen and oxygen atoms in total. The zero-order valence-electron chi connectivity index (χ0n) is 13.3. The number of aliphatic hydroxyl groups is 1. The molecule has 3 heteroatoms. The molecule has 0 aromatic heterocycles. The standard InChI is InChI=1S/C20H22O3/c1-16(21)23-15-14-19(18-10-6-3-7-11-18)20(22)13-12-17-8-4-2-5-9-17/h2-11,14-15,19-20,22H,12-13H2,1H3/b15-14-/t19-,20-/m0/s1. The monoisotopic (exact) mass is 310 g/mol. The molecular formula is C20H22O3. The van der Waals surface area contributed by atoms with E-state index in [0.29, 0.717) is 6.42 Å². The Morgan fingerprint density at radius 1 is 1.09 bits per heavy atom. The SMILES string of the molecule is CC(=O)O/C=C\[C@@H](c1ccccc1)[C@@H](O)CCc1ccccc1. The van der Waals surface area contributed by atoms with E-state index in [1.807, 2.05) is 48.5 Å². The molecule has 0 amide bonds. The Balaban J connectivity index is 2.06. The number of esters is 1. The van der Waals surface area contributed by atoms with Crippen molar-refractivity contribution in [3.63, 3.8) is 0 Å². The van der Waals surface area contributed by atoms with Gasteiger partial charge in [-0.05, 0) is 30.0 Å². The highest BCUT2D eigenvalue weighted by atomic mass is 16.5. The lowest BCUT2D eigenvalue weighted by Gasteiger charge is -2.20. The summed E-state index contributed by atoms with van der Waals surface area (Å²) in [5, 5.41) is 10.6. The number of benzene rings is 2. The molecule has 0 saturated heterocycles. The third kappa shape index (κ3) is 5.72. The fourth-order valence-electron chi connectivity index (χ4n) is 2.50. The summed E-state index contributed by atoms with van der Waals surface area (Å²) in [4.78, 5) is 10.9. The van der Waals surface area contributed by atoms with Crippen molar-refractivity contribution >= 4 is 5.97 Å². The van der Waals surface area contributed by atoms with Gasteiger partial charge in [-0.25, -0.2) is 0 Å². The second kappa shape index (κ2) is 8.91. The fraction of sp³-hybridized carbons (Fsp3) is 0.250.